The molecule has 0 amide bonds. The molecule has 0 saturated heterocycles. The Labute approximate surface area is 101 Å². The molecule has 0 heterocycles. The van der Waals surface area contributed by atoms with Gasteiger partial charge in [0.1, 0.15) is 0 Å². The molecular weight excluding hydrogens is 222 g/mol. The van der Waals surface area contributed by atoms with Crippen LogP contribution in [0.25, 0.3) is 0 Å². The maximum absolute atomic E-state index is 11.5. The highest BCUT2D eigenvalue weighted by Crippen LogP contribution is 2.24. The molecule has 0 radical (unpaired) electrons. The van der Waals surface area contributed by atoms with Crippen LogP contribution in [0.15, 0.2) is 0 Å². The molecule has 0 aromatic heterocycles. The number of hydrogen-bond donors (Lipinski definition) is 1. The van der Waals surface area contributed by atoms with Crippen molar-refractivity contribution in [3.63, 3.8) is 0 Å². The maximum Gasteiger partial charge on any atom is 0.153 e. The zero-order valence-electron chi connectivity index (χ0n) is 11.5. The highest BCUT2D eigenvalue weighted by molar-refractivity contribution is 7.92. The number of nitrogens with one attached hydrogen (secondary N) is 1. The van der Waals surface area contributed by atoms with Crippen molar-refractivity contribution in [2.45, 2.75) is 46.8 Å². The van der Waals surface area contributed by atoms with Gasteiger partial charge in [0.15, 0.2) is 9.84 Å². The molecule has 0 saturated carbocycles. The van der Waals surface area contributed by atoms with Crippen molar-refractivity contribution >= 4 is 9.84 Å². The molecule has 0 aromatic rings. The molecule has 0 aliphatic heterocycles. The highest BCUT2D eigenvalue weighted by Gasteiger charge is 2.20. The van der Waals surface area contributed by atoms with Gasteiger partial charge in [-0.1, -0.05) is 27.7 Å². The Balaban J connectivity index is 3.87. The summed E-state index contributed by atoms with van der Waals surface area (Å²) >= 11 is 0. The average molecular weight is 249 g/mol. The van der Waals surface area contributed by atoms with Gasteiger partial charge in [-0.15, -0.1) is 0 Å². The normalized spacial score (nSPS) is 15.4. The monoisotopic (exact) mass is 249 g/mol. The minimum absolute atomic E-state index is 0.238. The van der Waals surface area contributed by atoms with E-state index in [2.05, 4.69) is 33.0 Å². The van der Waals surface area contributed by atoms with E-state index in [4.69, 9.17) is 0 Å². The molecule has 0 aliphatic carbocycles. The lowest BCUT2D eigenvalue weighted by Crippen LogP contribution is -2.33. The smallest absolute Gasteiger partial charge is 0.153 e. The first-order valence-corrected chi connectivity index (χ1v) is 7.71. The highest BCUT2D eigenvalue weighted by atomic mass is 32.2. The Kier molecular flexibility index (Phi) is 5.98. The van der Waals surface area contributed by atoms with Gasteiger partial charge in [-0.05, 0) is 31.7 Å². The summed E-state index contributed by atoms with van der Waals surface area (Å²) in [6.07, 6.45) is 0. The van der Waals surface area contributed by atoms with Gasteiger partial charge in [-0.2, -0.15) is 0 Å². The van der Waals surface area contributed by atoms with Crippen LogP contribution < -0.4 is 5.32 Å². The maximum atomic E-state index is 11.5. The van der Waals surface area contributed by atoms with E-state index in [1.54, 1.807) is 13.8 Å². The van der Waals surface area contributed by atoms with Gasteiger partial charge in [-0.25, -0.2) is 8.42 Å². The Morgan fingerprint density at radius 2 is 1.62 bits per heavy atom. The van der Waals surface area contributed by atoms with E-state index in [0.717, 1.165) is 6.54 Å². The van der Waals surface area contributed by atoms with Crippen molar-refractivity contribution in [2.24, 2.45) is 11.3 Å². The average Bonchev–Trinajstić information content (AvgIpc) is 2.10. The fourth-order valence-electron chi connectivity index (χ4n) is 1.07. The van der Waals surface area contributed by atoms with Gasteiger partial charge in [0.2, 0.25) is 0 Å². The summed E-state index contributed by atoms with van der Waals surface area (Å²) in [5.41, 5.74) is 0.268. The van der Waals surface area contributed by atoms with Crippen LogP contribution in [-0.4, -0.2) is 32.5 Å². The van der Waals surface area contributed by atoms with E-state index < -0.39 is 9.84 Å². The second-order valence-corrected chi connectivity index (χ2v) is 8.56. The molecule has 1 unspecified atom stereocenters. The predicted molar refractivity (Wildman–Crippen MR) is 70.4 cm³/mol. The molecule has 1 N–H and O–H groups in total. The van der Waals surface area contributed by atoms with Crippen LogP contribution in [0.5, 0.6) is 0 Å². The quantitative estimate of drug-likeness (QED) is 0.733. The topological polar surface area (TPSA) is 46.2 Å². The Hall–Kier alpha value is -0.0900. The van der Waals surface area contributed by atoms with Crippen LogP contribution in [0.4, 0.5) is 0 Å². The van der Waals surface area contributed by atoms with Crippen molar-refractivity contribution in [3.8, 4) is 0 Å². The lowest BCUT2D eigenvalue weighted by molar-refractivity contribution is 0.254. The van der Waals surface area contributed by atoms with Crippen molar-refractivity contribution in [1.82, 2.24) is 5.32 Å². The van der Waals surface area contributed by atoms with Gasteiger partial charge in [0.05, 0.1) is 11.0 Å². The van der Waals surface area contributed by atoms with Crippen LogP contribution in [0, 0.1) is 11.3 Å². The third kappa shape index (κ3) is 5.85. The number of hydrogen-bond acceptors (Lipinski definition) is 3. The third-order valence-corrected chi connectivity index (χ3v) is 5.42. The van der Waals surface area contributed by atoms with E-state index in [0.29, 0.717) is 12.5 Å². The van der Waals surface area contributed by atoms with E-state index >= 15 is 0 Å². The zero-order chi connectivity index (χ0) is 13.0. The minimum atomic E-state index is -2.89. The minimum Gasteiger partial charge on any atom is -0.315 e. The van der Waals surface area contributed by atoms with Crippen LogP contribution in [0.2, 0.25) is 0 Å². The van der Waals surface area contributed by atoms with Crippen LogP contribution >= 0.6 is 0 Å². The lowest BCUT2D eigenvalue weighted by atomic mass is 9.82. The first-order valence-electron chi connectivity index (χ1n) is 5.99. The van der Waals surface area contributed by atoms with Crippen LogP contribution in [-0.2, 0) is 9.84 Å². The summed E-state index contributed by atoms with van der Waals surface area (Å²) in [5.74, 6) is 0.774. The summed E-state index contributed by atoms with van der Waals surface area (Å²) in [5, 5.41) is 2.95. The van der Waals surface area contributed by atoms with E-state index in [1.807, 2.05) is 0 Å². The largest absolute Gasteiger partial charge is 0.315 e. The third-order valence-electron chi connectivity index (χ3n) is 3.21. The van der Waals surface area contributed by atoms with Gasteiger partial charge in [-0.3, -0.25) is 0 Å². The van der Waals surface area contributed by atoms with Gasteiger partial charge in [0.25, 0.3) is 0 Å². The molecule has 0 aliphatic rings. The van der Waals surface area contributed by atoms with Crippen molar-refractivity contribution in [1.29, 1.82) is 0 Å². The van der Waals surface area contributed by atoms with E-state index in [9.17, 15) is 8.42 Å². The molecule has 4 heteroatoms. The molecular formula is C12H27NO2S. The van der Waals surface area contributed by atoms with E-state index in [1.165, 1.54) is 0 Å². The molecule has 98 valence electrons. The van der Waals surface area contributed by atoms with E-state index in [-0.39, 0.29) is 16.4 Å². The summed E-state index contributed by atoms with van der Waals surface area (Å²) in [6, 6.07) is 0. The van der Waals surface area contributed by atoms with Gasteiger partial charge in [0, 0.05) is 6.54 Å². The Morgan fingerprint density at radius 1 is 1.12 bits per heavy atom. The summed E-state index contributed by atoms with van der Waals surface area (Å²) < 4.78 is 23.1. The zero-order valence-corrected chi connectivity index (χ0v) is 12.3. The fraction of sp³-hybridized carbons (Fsp3) is 1.00. The standard InChI is InChI=1S/C12H27NO2S/c1-10(2)16(14,15)8-7-13-9-11(3)12(4,5)6/h10-11,13H,7-9H2,1-6H3. The van der Waals surface area contributed by atoms with Gasteiger partial charge < -0.3 is 5.32 Å². The van der Waals surface area contributed by atoms with Crippen LogP contribution in [0.3, 0.4) is 0 Å². The molecule has 0 fully saturated rings. The number of rotatable bonds is 6. The van der Waals surface area contributed by atoms with Crippen molar-refractivity contribution in [3.05, 3.63) is 0 Å². The molecule has 1 atom stereocenters. The predicted octanol–water partition coefficient (Wildman–Crippen LogP) is 2.08. The Bertz CT molecular complexity index is 289. The van der Waals surface area contributed by atoms with Crippen molar-refractivity contribution < 1.29 is 8.42 Å². The molecule has 0 bridgehead atoms. The Morgan fingerprint density at radius 3 is 2.00 bits per heavy atom. The summed E-state index contributed by atoms with van der Waals surface area (Å²) in [4.78, 5) is 0. The SMILES string of the molecule is CC(CNCCS(=O)(=O)C(C)C)C(C)(C)C. The van der Waals surface area contributed by atoms with Crippen LogP contribution in [0.1, 0.15) is 41.5 Å². The fourth-order valence-corrected chi connectivity index (χ4v) is 1.98. The molecule has 16 heavy (non-hydrogen) atoms. The molecule has 0 rings (SSSR count). The second-order valence-electron chi connectivity index (χ2n) is 5.89. The van der Waals surface area contributed by atoms with Gasteiger partial charge >= 0.3 is 0 Å². The summed E-state index contributed by atoms with van der Waals surface area (Å²) in [6.45, 7) is 13.7. The van der Waals surface area contributed by atoms with Crippen molar-refractivity contribution in [2.75, 3.05) is 18.8 Å². The molecule has 3 nitrogen and oxygen atoms in total. The first kappa shape index (κ1) is 15.9. The second kappa shape index (κ2) is 6.01. The first-order chi connectivity index (χ1) is 7.07. The molecule has 0 aromatic carbocycles. The lowest BCUT2D eigenvalue weighted by Gasteiger charge is -2.27. The summed E-state index contributed by atoms with van der Waals surface area (Å²) in [7, 11) is -2.89. The number of sulfone groups is 1. The molecule has 0 spiro atoms.